The molecule has 1 atom stereocenters. The lowest BCUT2D eigenvalue weighted by molar-refractivity contribution is -0.118. The minimum Gasteiger partial charge on any atom is -0.503 e. The molecule has 5 heteroatoms. The Bertz CT molecular complexity index is 936. The first-order valence-electron chi connectivity index (χ1n) is 9.14. The number of aliphatic hydroxyl groups excluding tert-OH is 1. The molecule has 0 radical (unpaired) electrons. The zero-order chi connectivity index (χ0) is 19.9. The van der Waals surface area contributed by atoms with Gasteiger partial charge >= 0.3 is 0 Å². The van der Waals surface area contributed by atoms with Crippen LogP contribution in [0, 0.1) is 26.7 Å². The molecule has 27 heavy (non-hydrogen) atoms. The number of carbonyl (C=O) groups is 2. The molecule has 0 bridgehead atoms. The van der Waals surface area contributed by atoms with Gasteiger partial charge in [0.05, 0.1) is 5.57 Å². The van der Waals surface area contributed by atoms with Crippen molar-refractivity contribution in [3.05, 3.63) is 64.3 Å². The van der Waals surface area contributed by atoms with E-state index < -0.39 is 17.7 Å². The number of furan rings is 1. The summed E-state index contributed by atoms with van der Waals surface area (Å²) in [5, 5.41) is 10.6. The van der Waals surface area contributed by atoms with Crippen LogP contribution in [0.2, 0.25) is 0 Å². The van der Waals surface area contributed by atoms with Crippen molar-refractivity contribution in [2.45, 2.75) is 47.1 Å². The quantitative estimate of drug-likeness (QED) is 0.830. The summed E-state index contributed by atoms with van der Waals surface area (Å²) in [6, 6.07) is 8.50. The second-order valence-corrected chi connectivity index (χ2v) is 7.60. The van der Waals surface area contributed by atoms with Crippen LogP contribution in [0.25, 0.3) is 0 Å². The minimum absolute atomic E-state index is 0.113. The number of aliphatic hydroxyl groups is 1. The van der Waals surface area contributed by atoms with Crippen LogP contribution in [0.1, 0.15) is 49.0 Å². The monoisotopic (exact) mass is 367 g/mol. The Labute approximate surface area is 159 Å². The third-order valence-corrected chi connectivity index (χ3v) is 4.74. The number of hydrogen-bond donors (Lipinski definition) is 1. The molecule has 142 valence electrons. The van der Waals surface area contributed by atoms with Gasteiger partial charge in [0, 0.05) is 12.1 Å². The summed E-state index contributed by atoms with van der Waals surface area (Å²) in [5.41, 5.74) is 2.73. The fourth-order valence-corrected chi connectivity index (χ4v) is 3.56. The molecular weight excluding hydrogens is 342 g/mol. The van der Waals surface area contributed by atoms with E-state index in [0.717, 1.165) is 11.1 Å². The highest BCUT2D eigenvalue weighted by Crippen LogP contribution is 2.43. The number of anilines is 1. The average Bonchev–Trinajstić information content (AvgIpc) is 3.10. The number of hydrogen-bond acceptors (Lipinski definition) is 4. The molecule has 1 amide bonds. The Kier molecular flexibility index (Phi) is 4.96. The molecule has 0 spiro atoms. The molecule has 2 heterocycles. The first-order chi connectivity index (χ1) is 12.7. The van der Waals surface area contributed by atoms with E-state index in [0.29, 0.717) is 17.2 Å². The molecule has 1 unspecified atom stereocenters. The molecule has 1 aliphatic heterocycles. The van der Waals surface area contributed by atoms with Gasteiger partial charge < -0.3 is 9.52 Å². The summed E-state index contributed by atoms with van der Waals surface area (Å²) in [4.78, 5) is 27.3. The molecular formula is C22H25NO4. The summed E-state index contributed by atoms with van der Waals surface area (Å²) in [6.07, 6.45) is 0.254. The molecule has 3 rings (SSSR count). The predicted octanol–water partition coefficient (Wildman–Crippen LogP) is 4.72. The lowest BCUT2D eigenvalue weighted by Crippen LogP contribution is -2.31. The Morgan fingerprint density at radius 2 is 1.89 bits per heavy atom. The zero-order valence-electron chi connectivity index (χ0n) is 16.4. The van der Waals surface area contributed by atoms with Gasteiger partial charge in [-0.05, 0) is 50.5 Å². The van der Waals surface area contributed by atoms with Gasteiger partial charge in [-0.15, -0.1) is 0 Å². The van der Waals surface area contributed by atoms with Crippen molar-refractivity contribution in [1.29, 1.82) is 0 Å². The van der Waals surface area contributed by atoms with Crippen LogP contribution in [-0.4, -0.2) is 16.8 Å². The van der Waals surface area contributed by atoms with Crippen LogP contribution < -0.4 is 4.90 Å². The summed E-state index contributed by atoms with van der Waals surface area (Å²) in [7, 11) is 0. The number of aryl methyl sites for hydroxylation is 3. The number of amides is 1. The van der Waals surface area contributed by atoms with Gasteiger partial charge in [-0.1, -0.05) is 31.5 Å². The summed E-state index contributed by atoms with van der Waals surface area (Å²) >= 11 is 0. The number of Topliss-reactive ketones (excluding diaryl/α,β-unsaturated/α-hetero) is 1. The normalized spacial score (nSPS) is 17.3. The van der Waals surface area contributed by atoms with E-state index in [9.17, 15) is 14.7 Å². The van der Waals surface area contributed by atoms with E-state index in [1.54, 1.807) is 19.1 Å². The average molecular weight is 367 g/mol. The predicted molar refractivity (Wildman–Crippen MR) is 104 cm³/mol. The Balaban J connectivity index is 2.16. The lowest BCUT2D eigenvalue weighted by atomic mass is 9.95. The van der Waals surface area contributed by atoms with Gasteiger partial charge in [0.15, 0.2) is 11.5 Å². The van der Waals surface area contributed by atoms with Crippen molar-refractivity contribution < 1.29 is 19.1 Å². The van der Waals surface area contributed by atoms with Crippen LogP contribution in [0.4, 0.5) is 5.69 Å². The molecule has 1 aromatic heterocycles. The molecule has 0 saturated heterocycles. The standard InChI is InChI=1S/C22H25NO4/c1-12(2)10-17(24)19-20(18-9-7-15(5)27-18)23(22(26)21(19)25)16-8-6-13(3)11-14(16)4/h6-9,11-12,20,25H,10H2,1-5H3. The first kappa shape index (κ1) is 19.0. The van der Waals surface area contributed by atoms with Crippen LogP contribution in [0.5, 0.6) is 0 Å². The van der Waals surface area contributed by atoms with Crippen LogP contribution in [-0.2, 0) is 9.59 Å². The number of nitrogens with zero attached hydrogens (tertiary/aromatic N) is 1. The molecule has 2 aromatic rings. The lowest BCUT2D eigenvalue weighted by Gasteiger charge is -2.26. The second-order valence-electron chi connectivity index (χ2n) is 7.60. The van der Waals surface area contributed by atoms with Crippen LogP contribution in [0.15, 0.2) is 46.1 Å². The highest BCUT2D eigenvalue weighted by molar-refractivity contribution is 6.16. The second kappa shape index (κ2) is 7.06. The van der Waals surface area contributed by atoms with E-state index in [1.165, 1.54) is 4.90 Å². The smallest absolute Gasteiger partial charge is 0.294 e. The SMILES string of the molecule is Cc1ccc(N2C(=O)C(O)=C(C(=O)CC(C)C)C2c2ccc(C)o2)c(C)c1. The highest BCUT2D eigenvalue weighted by Gasteiger charge is 2.46. The topological polar surface area (TPSA) is 70.8 Å². The Morgan fingerprint density at radius 1 is 1.19 bits per heavy atom. The third-order valence-electron chi connectivity index (χ3n) is 4.74. The zero-order valence-corrected chi connectivity index (χ0v) is 16.4. The van der Waals surface area contributed by atoms with Gasteiger partial charge in [-0.2, -0.15) is 0 Å². The van der Waals surface area contributed by atoms with Crippen LogP contribution in [0.3, 0.4) is 0 Å². The van der Waals surface area contributed by atoms with Crippen molar-refractivity contribution in [2.24, 2.45) is 5.92 Å². The van der Waals surface area contributed by atoms with Gasteiger partial charge in [-0.25, -0.2) is 0 Å². The van der Waals surface area contributed by atoms with Crippen LogP contribution >= 0.6 is 0 Å². The van der Waals surface area contributed by atoms with E-state index in [4.69, 9.17) is 4.42 Å². The van der Waals surface area contributed by atoms with E-state index in [2.05, 4.69) is 0 Å². The molecule has 5 nitrogen and oxygen atoms in total. The number of rotatable bonds is 5. The largest absolute Gasteiger partial charge is 0.503 e. The van der Waals surface area contributed by atoms with Gasteiger partial charge in [0.2, 0.25) is 0 Å². The Hall–Kier alpha value is -2.82. The van der Waals surface area contributed by atoms with Crippen molar-refractivity contribution in [1.82, 2.24) is 0 Å². The molecule has 1 aliphatic rings. The highest BCUT2D eigenvalue weighted by atomic mass is 16.3. The van der Waals surface area contributed by atoms with E-state index in [-0.39, 0.29) is 23.7 Å². The number of benzene rings is 1. The fraction of sp³-hybridized carbons (Fsp3) is 0.364. The molecule has 1 aromatic carbocycles. The maximum absolute atomic E-state index is 13.0. The van der Waals surface area contributed by atoms with Gasteiger partial charge in [-0.3, -0.25) is 14.5 Å². The van der Waals surface area contributed by atoms with Crippen molar-refractivity contribution in [3.8, 4) is 0 Å². The minimum atomic E-state index is -0.765. The van der Waals surface area contributed by atoms with Crippen molar-refractivity contribution >= 4 is 17.4 Å². The van der Waals surface area contributed by atoms with Gasteiger partial charge in [0.1, 0.15) is 17.6 Å². The summed E-state index contributed by atoms with van der Waals surface area (Å²) < 4.78 is 5.77. The fourth-order valence-electron chi connectivity index (χ4n) is 3.56. The molecule has 0 saturated carbocycles. The summed E-state index contributed by atoms with van der Waals surface area (Å²) in [5.74, 6) is -0.0333. The molecule has 0 aliphatic carbocycles. The van der Waals surface area contributed by atoms with E-state index in [1.807, 2.05) is 45.9 Å². The van der Waals surface area contributed by atoms with Crippen molar-refractivity contribution in [2.75, 3.05) is 4.90 Å². The van der Waals surface area contributed by atoms with Gasteiger partial charge in [0.25, 0.3) is 5.91 Å². The molecule has 0 fully saturated rings. The molecule has 1 N–H and O–H groups in total. The third kappa shape index (κ3) is 3.42. The van der Waals surface area contributed by atoms with Crippen molar-refractivity contribution in [3.63, 3.8) is 0 Å². The number of carbonyl (C=O) groups excluding carboxylic acids is 2. The maximum Gasteiger partial charge on any atom is 0.294 e. The van der Waals surface area contributed by atoms with E-state index >= 15 is 0 Å². The first-order valence-corrected chi connectivity index (χ1v) is 9.14. The number of ketones is 1. The summed E-state index contributed by atoms with van der Waals surface area (Å²) in [6.45, 7) is 9.55. The Morgan fingerprint density at radius 3 is 2.44 bits per heavy atom. The maximum atomic E-state index is 13.0.